The largest absolute Gasteiger partial charge is 0.400 e. The third kappa shape index (κ3) is 3.92. The molecule has 5 nitrogen and oxygen atoms in total. The van der Waals surface area contributed by atoms with Gasteiger partial charge in [-0.15, -0.1) is 0 Å². The Kier molecular flexibility index (Phi) is 4.66. The molecule has 2 aromatic heterocycles. The second-order valence-corrected chi connectivity index (χ2v) is 5.97. The Hall–Kier alpha value is -2.56. The fourth-order valence-corrected chi connectivity index (χ4v) is 2.52. The molecule has 0 saturated carbocycles. The molecule has 12 heteroatoms. The molecule has 0 bridgehead atoms. The summed E-state index contributed by atoms with van der Waals surface area (Å²) >= 11 is 5.81. The van der Waals surface area contributed by atoms with Crippen molar-refractivity contribution < 1.29 is 31.1 Å². The van der Waals surface area contributed by atoms with E-state index in [4.69, 9.17) is 11.6 Å². The predicted molar refractivity (Wildman–Crippen MR) is 84.8 cm³/mol. The predicted octanol–water partition coefficient (Wildman–Crippen LogP) is 4.56. The smallest absolute Gasteiger partial charge is 0.296 e. The van der Waals surface area contributed by atoms with E-state index in [9.17, 15) is 31.1 Å². The number of halogens is 7. The number of rotatable bonds is 4. The van der Waals surface area contributed by atoms with Crippen LogP contribution in [0.25, 0.3) is 16.9 Å². The number of hydrogen-bond acceptors (Lipinski definition) is 3. The number of carbonyl (C=O) groups is 1. The highest BCUT2D eigenvalue weighted by molar-refractivity contribution is 6.29. The number of imidazole rings is 1. The van der Waals surface area contributed by atoms with Crippen molar-refractivity contribution in [2.75, 3.05) is 5.32 Å². The first-order valence-corrected chi connectivity index (χ1v) is 7.71. The fourth-order valence-electron chi connectivity index (χ4n) is 2.37. The molecule has 2 heterocycles. The van der Waals surface area contributed by atoms with E-state index in [0.29, 0.717) is 5.70 Å². The van der Waals surface area contributed by atoms with E-state index >= 15 is 0 Å². The van der Waals surface area contributed by atoms with Crippen molar-refractivity contribution in [3.05, 3.63) is 35.5 Å². The summed E-state index contributed by atoms with van der Waals surface area (Å²) in [5.41, 5.74) is 0.918. The second kappa shape index (κ2) is 6.55. The molecule has 1 aliphatic rings. The maximum atomic E-state index is 12.6. The number of anilines is 1. The van der Waals surface area contributed by atoms with Gasteiger partial charge in [0.2, 0.25) is 11.9 Å². The molecule has 0 saturated heterocycles. The molecule has 0 aromatic carbocycles. The lowest BCUT2D eigenvalue weighted by molar-refractivity contribution is -0.283. The highest BCUT2D eigenvalue weighted by Gasteiger charge is 2.57. The van der Waals surface area contributed by atoms with E-state index in [1.165, 1.54) is 16.7 Å². The van der Waals surface area contributed by atoms with Crippen molar-refractivity contribution >= 4 is 40.3 Å². The molecule has 27 heavy (non-hydrogen) atoms. The average Bonchev–Trinajstić information content (AvgIpc) is 2.79. The zero-order valence-electron chi connectivity index (χ0n) is 13.1. The van der Waals surface area contributed by atoms with Gasteiger partial charge in [0.1, 0.15) is 10.7 Å². The number of nitrogens with one attached hydrogen (secondary N) is 1. The van der Waals surface area contributed by atoms with Gasteiger partial charge in [-0.1, -0.05) is 17.7 Å². The molecule has 3 rings (SSSR count). The molecule has 0 unspecified atom stereocenters. The highest BCUT2D eigenvalue weighted by atomic mass is 35.5. The van der Waals surface area contributed by atoms with Gasteiger partial charge in [-0.25, -0.2) is 9.97 Å². The number of hydrogen-bond donors (Lipinski definition) is 1. The maximum absolute atomic E-state index is 12.6. The lowest BCUT2D eigenvalue weighted by Gasteiger charge is -2.22. The summed E-state index contributed by atoms with van der Waals surface area (Å²) in [7, 11) is 0. The molecule has 0 atom stereocenters. The van der Waals surface area contributed by atoms with Crippen molar-refractivity contribution in [1.29, 1.82) is 0 Å². The SMILES string of the molecule is O=C(CC(C(F)(F)F)C(F)(F)F)Nc1nc2ccc(Cl)nc2n1C1=CC=C1. The quantitative estimate of drug-likeness (QED) is 0.593. The number of fused-ring (bicyclic) bond motifs is 1. The van der Waals surface area contributed by atoms with Crippen LogP contribution in [-0.4, -0.2) is 32.8 Å². The molecule has 0 radical (unpaired) electrons. The van der Waals surface area contributed by atoms with Gasteiger partial charge in [-0.2, -0.15) is 26.3 Å². The molecule has 0 spiro atoms. The van der Waals surface area contributed by atoms with Crippen LogP contribution < -0.4 is 5.32 Å². The van der Waals surface area contributed by atoms with Gasteiger partial charge in [0.25, 0.3) is 0 Å². The van der Waals surface area contributed by atoms with Crippen molar-refractivity contribution in [1.82, 2.24) is 14.5 Å². The minimum atomic E-state index is -5.61. The van der Waals surface area contributed by atoms with E-state index in [1.807, 2.05) is 5.32 Å². The zero-order chi connectivity index (χ0) is 20.0. The standard InChI is InChI=1S/C15H9ClF6N4O/c16-10-5-4-8-12(24-10)26(7-2-1-3-7)13(23-8)25-11(27)6-9(14(17,18)19)15(20,21)22/h1-5,9H,6H2,(H,23,25,27). The van der Waals surface area contributed by atoms with E-state index in [1.54, 1.807) is 18.2 Å². The van der Waals surface area contributed by atoms with Gasteiger partial charge in [0.05, 0.1) is 5.70 Å². The first-order valence-electron chi connectivity index (χ1n) is 7.34. The number of pyridine rings is 1. The van der Waals surface area contributed by atoms with Crippen LogP contribution in [0.4, 0.5) is 32.3 Å². The number of nitrogens with zero attached hydrogens (tertiary/aromatic N) is 3. The lowest BCUT2D eigenvalue weighted by Crippen LogP contribution is -2.39. The average molecular weight is 411 g/mol. The molecular weight excluding hydrogens is 402 g/mol. The molecule has 1 N–H and O–H groups in total. The van der Waals surface area contributed by atoms with Crippen LogP contribution in [0.5, 0.6) is 0 Å². The Morgan fingerprint density at radius 2 is 1.78 bits per heavy atom. The third-order valence-corrected chi connectivity index (χ3v) is 3.90. The van der Waals surface area contributed by atoms with Crippen molar-refractivity contribution in [2.24, 2.45) is 5.92 Å². The molecule has 1 amide bonds. The summed E-state index contributed by atoms with van der Waals surface area (Å²) in [4.78, 5) is 19.9. The second-order valence-electron chi connectivity index (χ2n) is 5.59. The highest BCUT2D eigenvalue weighted by Crippen LogP contribution is 2.41. The van der Waals surface area contributed by atoms with Gasteiger partial charge in [-0.3, -0.25) is 14.7 Å². The number of alkyl halides is 6. The van der Waals surface area contributed by atoms with Gasteiger partial charge < -0.3 is 0 Å². The summed E-state index contributed by atoms with van der Waals surface area (Å²) < 4.78 is 77.1. The monoisotopic (exact) mass is 410 g/mol. The molecule has 0 fully saturated rings. The number of allylic oxidation sites excluding steroid dienone is 4. The van der Waals surface area contributed by atoms with Gasteiger partial charge in [0, 0.05) is 6.42 Å². The lowest BCUT2D eigenvalue weighted by atomic mass is 10.0. The molecule has 144 valence electrons. The Bertz CT molecular complexity index is 946. The van der Waals surface area contributed by atoms with E-state index in [2.05, 4.69) is 9.97 Å². The van der Waals surface area contributed by atoms with Gasteiger partial charge in [-0.05, 0) is 24.3 Å². The number of aromatic nitrogens is 3. The summed E-state index contributed by atoms with van der Waals surface area (Å²) in [5, 5.41) is 2.10. The first kappa shape index (κ1) is 19.2. The minimum absolute atomic E-state index is 0.0969. The topological polar surface area (TPSA) is 59.8 Å². The summed E-state index contributed by atoms with van der Waals surface area (Å²) in [5.74, 6) is -5.53. The number of carbonyl (C=O) groups excluding carboxylic acids is 1. The Morgan fingerprint density at radius 1 is 1.15 bits per heavy atom. The maximum Gasteiger partial charge on any atom is 0.400 e. The normalized spacial score (nSPS) is 14.4. The zero-order valence-corrected chi connectivity index (χ0v) is 13.8. The molecule has 1 aliphatic carbocycles. The summed E-state index contributed by atoms with van der Waals surface area (Å²) in [6.07, 6.45) is -8.21. The van der Waals surface area contributed by atoms with Crippen molar-refractivity contribution in [2.45, 2.75) is 18.8 Å². The van der Waals surface area contributed by atoms with Crippen LogP contribution in [0.2, 0.25) is 5.15 Å². The molecular formula is C15H9ClF6N4O. The third-order valence-electron chi connectivity index (χ3n) is 3.69. The Balaban J connectivity index is 1.91. The van der Waals surface area contributed by atoms with Crippen molar-refractivity contribution in [3.8, 4) is 0 Å². The molecule has 0 aliphatic heterocycles. The summed E-state index contributed by atoms with van der Waals surface area (Å²) in [6, 6.07) is 2.86. The van der Waals surface area contributed by atoms with Crippen LogP contribution in [0.1, 0.15) is 6.42 Å². The summed E-state index contributed by atoms with van der Waals surface area (Å²) in [6.45, 7) is 0. The van der Waals surface area contributed by atoms with E-state index in [-0.39, 0.29) is 22.3 Å². The van der Waals surface area contributed by atoms with Crippen molar-refractivity contribution in [3.63, 3.8) is 0 Å². The molecule has 2 aromatic rings. The van der Waals surface area contributed by atoms with Crippen LogP contribution >= 0.6 is 11.6 Å². The van der Waals surface area contributed by atoms with E-state index in [0.717, 1.165) is 0 Å². The first-order chi connectivity index (χ1) is 12.5. The van der Waals surface area contributed by atoms with Crippen LogP contribution in [0, 0.1) is 5.92 Å². The van der Waals surface area contributed by atoms with Crippen LogP contribution in [0.3, 0.4) is 0 Å². The van der Waals surface area contributed by atoms with Gasteiger partial charge in [0.15, 0.2) is 11.6 Å². The Labute approximate surface area is 152 Å². The van der Waals surface area contributed by atoms with Crippen LogP contribution in [-0.2, 0) is 4.79 Å². The van der Waals surface area contributed by atoms with E-state index < -0.39 is 30.6 Å². The van der Waals surface area contributed by atoms with Gasteiger partial charge >= 0.3 is 12.4 Å². The van der Waals surface area contributed by atoms with Crippen LogP contribution in [0.15, 0.2) is 30.4 Å². The minimum Gasteiger partial charge on any atom is -0.296 e. The fraction of sp³-hybridized carbons (Fsp3) is 0.267. The Morgan fingerprint density at radius 3 is 2.30 bits per heavy atom. The number of amides is 1.